The van der Waals surface area contributed by atoms with Gasteiger partial charge in [0.2, 0.25) is 10.0 Å². The lowest BCUT2D eigenvalue weighted by Crippen LogP contribution is -2.46. The van der Waals surface area contributed by atoms with Crippen molar-refractivity contribution in [3.05, 3.63) is 57.0 Å². The second-order valence-corrected chi connectivity index (χ2v) is 8.59. The molecule has 150 valence electrons. The highest BCUT2D eigenvalue weighted by Gasteiger charge is 2.29. The summed E-state index contributed by atoms with van der Waals surface area (Å²) in [5, 5.41) is 11.1. The first-order valence-corrected chi connectivity index (χ1v) is 10.3. The SMILES string of the molecule is Cc1c(Cl)cc(S(=O)(=O)NC2CCN(C(=O)c3ccco3)CC2)cc1[N+](=O)[O-]. The van der Waals surface area contributed by atoms with Crippen LogP contribution in [0.25, 0.3) is 0 Å². The first-order valence-electron chi connectivity index (χ1n) is 8.48. The Hall–Kier alpha value is -2.43. The molecule has 0 radical (unpaired) electrons. The second kappa shape index (κ2) is 7.90. The van der Waals surface area contributed by atoms with E-state index < -0.39 is 21.0 Å². The summed E-state index contributed by atoms with van der Waals surface area (Å²) >= 11 is 5.96. The summed E-state index contributed by atoms with van der Waals surface area (Å²) in [5.74, 6) is -0.00659. The fraction of sp³-hybridized carbons (Fsp3) is 0.353. The van der Waals surface area contributed by atoms with Gasteiger partial charge in [-0.15, -0.1) is 0 Å². The number of halogens is 1. The molecule has 11 heteroatoms. The van der Waals surface area contributed by atoms with Crippen LogP contribution in [-0.4, -0.2) is 43.3 Å². The highest BCUT2D eigenvalue weighted by molar-refractivity contribution is 7.89. The standard InChI is InChI=1S/C17H18ClN3O6S/c1-11-14(18)9-13(10-15(11)21(23)24)28(25,26)19-12-4-6-20(7-5-12)17(22)16-3-2-8-27-16/h2-3,8-10,12,19H,4-7H2,1H3. The number of carbonyl (C=O) groups is 1. The third-order valence-corrected chi connectivity index (χ3v) is 6.53. The monoisotopic (exact) mass is 427 g/mol. The summed E-state index contributed by atoms with van der Waals surface area (Å²) < 4.78 is 32.9. The summed E-state index contributed by atoms with van der Waals surface area (Å²) in [6.07, 6.45) is 2.24. The number of piperidine rings is 1. The van der Waals surface area contributed by atoms with E-state index in [4.69, 9.17) is 16.0 Å². The molecule has 0 bridgehead atoms. The zero-order chi connectivity index (χ0) is 20.5. The molecule has 1 aliphatic rings. The summed E-state index contributed by atoms with van der Waals surface area (Å²) in [5.41, 5.74) is -0.151. The van der Waals surface area contributed by atoms with Crippen LogP contribution < -0.4 is 4.72 Å². The van der Waals surface area contributed by atoms with Crippen LogP contribution >= 0.6 is 11.6 Å². The third-order valence-electron chi connectivity index (χ3n) is 4.63. The van der Waals surface area contributed by atoms with E-state index in [1.807, 2.05) is 0 Å². The molecular weight excluding hydrogens is 410 g/mol. The molecule has 1 aliphatic heterocycles. The van der Waals surface area contributed by atoms with E-state index >= 15 is 0 Å². The molecule has 0 unspecified atom stereocenters. The number of hydrogen-bond acceptors (Lipinski definition) is 6. The van der Waals surface area contributed by atoms with Gasteiger partial charge in [-0.05, 0) is 38.0 Å². The lowest BCUT2D eigenvalue weighted by Gasteiger charge is -2.31. The van der Waals surface area contributed by atoms with Gasteiger partial charge in [-0.25, -0.2) is 13.1 Å². The van der Waals surface area contributed by atoms with Crippen molar-refractivity contribution in [2.45, 2.75) is 30.7 Å². The van der Waals surface area contributed by atoms with Crippen LogP contribution in [0.1, 0.15) is 29.0 Å². The molecule has 2 aromatic rings. The fourth-order valence-corrected chi connectivity index (χ4v) is 4.66. The normalized spacial score (nSPS) is 15.6. The number of sulfonamides is 1. The van der Waals surface area contributed by atoms with Crippen molar-refractivity contribution in [2.24, 2.45) is 0 Å². The molecule has 28 heavy (non-hydrogen) atoms. The van der Waals surface area contributed by atoms with Crippen LogP contribution in [0.15, 0.2) is 39.8 Å². The van der Waals surface area contributed by atoms with Crippen molar-refractivity contribution >= 4 is 33.2 Å². The number of likely N-dealkylation sites (tertiary alicyclic amines) is 1. The molecule has 1 aromatic heterocycles. The smallest absolute Gasteiger partial charge is 0.289 e. The zero-order valence-corrected chi connectivity index (χ0v) is 16.5. The van der Waals surface area contributed by atoms with E-state index in [-0.39, 0.29) is 32.8 Å². The lowest BCUT2D eigenvalue weighted by molar-refractivity contribution is -0.385. The van der Waals surface area contributed by atoms with Gasteiger partial charge >= 0.3 is 0 Å². The summed E-state index contributed by atoms with van der Waals surface area (Å²) in [6.45, 7) is 2.18. The van der Waals surface area contributed by atoms with Crippen molar-refractivity contribution in [1.82, 2.24) is 9.62 Å². The maximum Gasteiger partial charge on any atom is 0.289 e. The van der Waals surface area contributed by atoms with Gasteiger partial charge in [0.15, 0.2) is 5.76 Å². The zero-order valence-electron chi connectivity index (χ0n) is 14.9. The molecule has 0 spiro atoms. The highest BCUT2D eigenvalue weighted by atomic mass is 35.5. The molecule has 0 saturated carbocycles. The van der Waals surface area contributed by atoms with Gasteiger partial charge in [-0.1, -0.05) is 11.6 Å². The Kier molecular flexibility index (Phi) is 5.73. The number of nitro benzene ring substituents is 1. The van der Waals surface area contributed by atoms with Gasteiger partial charge < -0.3 is 9.32 Å². The van der Waals surface area contributed by atoms with Gasteiger partial charge in [0.25, 0.3) is 11.6 Å². The molecule has 1 fully saturated rings. The van der Waals surface area contributed by atoms with Crippen molar-refractivity contribution < 1.29 is 22.6 Å². The maximum atomic E-state index is 12.7. The van der Waals surface area contributed by atoms with Gasteiger partial charge in [-0.2, -0.15) is 0 Å². The Morgan fingerprint density at radius 3 is 2.61 bits per heavy atom. The minimum atomic E-state index is -4.00. The largest absolute Gasteiger partial charge is 0.459 e. The predicted octanol–water partition coefficient (Wildman–Crippen LogP) is 2.73. The average molecular weight is 428 g/mol. The van der Waals surface area contributed by atoms with E-state index in [0.29, 0.717) is 25.9 Å². The first kappa shape index (κ1) is 20.3. The van der Waals surface area contributed by atoms with Crippen LogP contribution in [-0.2, 0) is 10.0 Å². The predicted molar refractivity (Wildman–Crippen MR) is 101 cm³/mol. The lowest BCUT2D eigenvalue weighted by atomic mass is 10.1. The number of furan rings is 1. The molecule has 1 amide bonds. The van der Waals surface area contributed by atoms with Crippen LogP contribution in [0, 0.1) is 17.0 Å². The Labute approximate surface area is 166 Å². The number of benzene rings is 1. The van der Waals surface area contributed by atoms with Crippen LogP contribution in [0.3, 0.4) is 0 Å². The summed E-state index contributed by atoms with van der Waals surface area (Å²) in [7, 11) is -4.00. The number of hydrogen-bond donors (Lipinski definition) is 1. The molecule has 0 aliphatic carbocycles. The van der Waals surface area contributed by atoms with Crippen molar-refractivity contribution in [1.29, 1.82) is 0 Å². The molecule has 1 aromatic carbocycles. The Morgan fingerprint density at radius 1 is 1.36 bits per heavy atom. The molecular formula is C17H18ClN3O6S. The van der Waals surface area contributed by atoms with Gasteiger partial charge in [-0.3, -0.25) is 14.9 Å². The summed E-state index contributed by atoms with van der Waals surface area (Å²) in [6, 6.07) is 5.00. The minimum Gasteiger partial charge on any atom is -0.459 e. The van der Waals surface area contributed by atoms with Gasteiger partial charge in [0.1, 0.15) is 0 Å². The summed E-state index contributed by atoms with van der Waals surface area (Å²) in [4.78, 5) is 24.1. The minimum absolute atomic E-state index is 0.00781. The molecule has 0 atom stereocenters. The van der Waals surface area contributed by atoms with Crippen LogP contribution in [0.4, 0.5) is 5.69 Å². The van der Waals surface area contributed by atoms with Crippen molar-refractivity contribution in [3.8, 4) is 0 Å². The molecule has 3 rings (SSSR count). The van der Waals surface area contributed by atoms with E-state index in [2.05, 4.69) is 4.72 Å². The van der Waals surface area contributed by atoms with E-state index in [1.54, 1.807) is 17.0 Å². The first-order chi connectivity index (χ1) is 13.2. The maximum absolute atomic E-state index is 12.7. The average Bonchev–Trinajstić information content (AvgIpc) is 3.18. The van der Waals surface area contributed by atoms with Crippen LogP contribution in [0.2, 0.25) is 5.02 Å². The van der Waals surface area contributed by atoms with E-state index in [1.165, 1.54) is 19.3 Å². The Morgan fingerprint density at radius 2 is 2.04 bits per heavy atom. The number of nitrogens with one attached hydrogen (secondary N) is 1. The van der Waals surface area contributed by atoms with E-state index in [9.17, 15) is 23.3 Å². The second-order valence-electron chi connectivity index (χ2n) is 6.47. The third kappa shape index (κ3) is 4.18. The number of rotatable bonds is 5. The Balaban J connectivity index is 1.69. The van der Waals surface area contributed by atoms with Crippen LogP contribution in [0.5, 0.6) is 0 Å². The number of amides is 1. The number of carbonyl (C=O) groups excluding carboxylic acids is 1. The van der Waals surface area contributed by atoms with Gasteiger partial charge in [0.05, 0.1) is 21.1 Å². The Bertz CT molecular complexity index is 998. The van der Waals surface area contributed by atoms with E-state index in [0.717, 1.165) is 6.07 Å². The molecule has 2 heterocycles. The number of nitro groups is 1. The highest BCUT2D eigenvalue weighted by Crippen LogP contribution is 2.30. The topological polar surface area (TPSA) is 123 Å². The number of nitrogens with zero attached hydrogens (tertiary/aromatic N) is 2. The fourth-order valence-electron chi connectivity index (χ4n) is 3.03. The van der Waals surface area contributed by atoms with Gasteiger partial charge in [0, 0.05) is 30.8 Å². The molecule has 1 saturated heterocycles. The quantitative estimate of drug-likeness (QED) is 0.578. The molecule has 9 nitrogen and oxygen atoms in total. The van der Waals surface area contributed by atoms with Crippen molar-refractivity contribution in [2.75, 3.05) is 13.1 Å². The van der Waals surface area contributed by atoms with Crippen molar-refractivity contribution in [3.63, 3.8) is 0 Å². The molecule has 1 N–H and O–H groups in total.